The van der Waals surface area contributed by atoms with E-state index in [1.165, 1.54) is 26.2 Å². The van der Waals surface area contributed by atoms with E-state index < -0.39 is 22.9 Å². The van der Waals surface area contributed by atoms with Gasteiger partial charge in [0.05, 0.1) is 19.1 Å². The Morgan fingerprint density at radius 3 is 2.36 bits per heavy atom. The average molecular weight is 388 g/mol. The summed E-state index contributed by atoms with van der Waals surface area (Å²) >= 11 is 0. The number of nitro benzene ring substituents is 1. The Labute approximate surface area is 161 Å². The number of nitrogens with one attached hydrogen (secondary N) is 1. The summed E-state index contributed by atoms with van der Waals surface area (Å²) < 4.78 is 15.2. The molecule has 0 radical (unpaired) electrons. The largest absolute Gasteiger partial charge is 0.497 e. The van der Waals surface area contributed by atoms with Crippen molar-refractivity contribution in [3.8, 4) is 11.5 Å². The van der Waals surface area contributed by atoms with E-state index in [0.717, 1.165) is 11.6 Å². The quantitative estimate of drug-likeness (QED) is 0.419. The van der Waals surface area contributed by atoms with Gasteiger partial charge in [0.2, 0.25) is 0 Å². The first-order chi connectivity index (χ1) is 13.3. The summed E-state index contributed by atoms with van der Waals surface area (Å²) in [7, 11) is 2.88. The Bertz CT molecular complexity index is 865. The van der Waals surface area contributed by atoms with Crippen molar-refractivity contribution in [2.75, 3.05) is 14.2 Å². The van der Waals surface area contributed by atoms with Gasteiger partial charge in [0.1, 0.15) is 17.1 Å². The number of non-ortho nitro benzene ring substituents is 1. The molecule has 9 heteroatoms. The summed E-state index contributed by atoms with van der Waals surface area (Å²) in [6.45, 7) is 1.65. The van der Waals surface area contributed by atoms with E-state index in [2.05, 4.69) is 5.32 Å². The SMILES string of the molecule is COc1ccc(CNC(=O)[C@@H](C)OC(=O)c2cc([N+](=O)[O-])ccc2OC)cc1. The molecule has 148 valence electrons. The molecule has 0 bridgehead atoms. The number of nitro groups is 1. The maximum atomic E-state index is 12.3. The van der Waals surface area contributed by atoms with Gasteiger partial charge in [0.25, 0.3) is 11.6 Å². The monoisotopic (exact) mass is 388 g/mol. The van der Waals surface area contributed by atoms with Crippen molar-refractivity contribution < 1.29 is 28.7 Å². The molecule has 0 spiro atoms. The fourth-order valence-electron chi connectivity index (χ4n) is 2.32. The zero-order chi connectivity index (χ0) is 20.7. The van der Waals surface area contributed by atoms with Gasteiger partial charge in [-0.2, -0.15) is 0 Å². The Morgan fingerprint density at radius 1 is 1.11 bits per heavy atom. The Kier molecular flexibility index (Phi) is 6.91. The number of hydrogen-bond donors (Lipinski definition) is 1. The molecule has 1 N–H and O–H groups in total. The standard InChI is InChI=1S/C19H20N2O7/c1-12(18(22)20-11-13-4-7-15(26-2)8-5-13)28-19(23)16-10-14(21(24)25)6-9-17(16)27-3/h4-10,12H,11H2,1-3H3,(H,20,22)/t12-/m1/s1. The maximum absolute atomic E-state index is 12.3. The van der Waals surface area contributed by atoms with Crippen LogP contribution in [0.4, 0.5) is 5.69 Å². The summed E-state index contributed by atoms with van der Waals surface area (Å²) in [6.07, 6.45) is -1.10. The van der Waals surface area contributed by atoms with Crippen LogP contribution in [-0.4, -0.2) is 37.1 Å². The second-order valence-electron chi connectivity index (χ2n) is 5.76. The molecular formula is C19H20N2O7. The van der Waals surface area contributed by atoms with Crippen molar-refractivity contribution in [3.05, 3.63) is 63.7 Å². The fourth-order valence-corrected chi connectivity index (χ4v) is 2.32. The highest BCUT2D eigenvalue weighted by Gasteiger charge is 2.23. The minimum Gasteiger partial charge on any atom is -0.497 e. The number of amides is 1. The predicted octanol–water partition coefficient (Wildman–Crippen LogP) is 2.47. The highest BCUT2D eigenvalue weighted by molar-refractivity contribution is 5.95. The molecule has 9 nitrogen and oxygen atoms in total. The van der Waals surface area contributed by atoms with Gasteiger partial charge >= 0.3 is 5.97 Å². The van der Waals surface area contributed by atoms with Gasteiger partial charge in [-0.25, -0.2) is 4.79 Å². The lowest BCUT2D eigenvalue weighted by molar-refractivity contribution is -0.384. The lowest BCUT2D eigenvalue weighted by Gasteiger charge is -2.15. The summed E-state index contributed by atoms with van der Waals surface area (Å²) in [6, 6.07) is 10.7. The average Bonchev–Trinajstić information content (AvgIpc) is 2.71. The second kappa shape index (κ2) is 9.36. The topological polar surface area (TPSA) is 117 Å². The van der Waals surface area contributed by atoms with Gasteiger partial charge in [-0.3, -0.25) is 14.9 Å². The van der Waals surface area contributed by atoms with E-state index in [1.807, 2.05) is 0 Å². The van der Waals surface area contributed by atoms with Crippen LogP contribution < -0.4 is 14.8 Å². The van der Waals surface area contributed by atoms with E-state index in [4.69, 9.17) is 14.2 Å². The van der Waals surface area contributed by atoms with Gasteiger partial charge in [0.15, 0.2) is 6.10 Å². The molecule has 1 amide bonds. The summed E-state index contributed by atoms with van der Waals surface area (Å²) in [5, 5.41) is 13.6. The van der Waals surface area contributed by atoms with E-state index >= 15 is 0 Å². The molecule has 2 aromatic carbocycles. The van der Waals surface area contributed by atoms with E-state index in [9.17, 15) is 19.7 Å². The summed E-state index contributed by atoms with van der Waals surface area (Å²) in [5.41, 5.74) is 0.420. The molecular weight excluding hydrogens is 368 g/mol. The third kappa shape index (κ3) is 5.19. The molecule has 2 rings (SSSR count). The molecule has 0 saturated carbocycles. The summed E-state index contributed by atoms with van der Waals surface area (Å²) in [5.74, 6) is -0.592. The molecule has 0 aliphatic heterocycles. The molecule has 0 heterocycles. The molecule has 2 aromatic rings. The van der Waals surface area contributed by atoms with Crippen molar-refractivity contribution in [1.82, 2.24) is 5.32 Å². The molecule has 0 fully saturated rings. The van der Waals surface area contributed by atoms with Crippen molar-refractivity contribution in [2.45, 2.75) is 19.6 Å². The normalized spacial score (nSPS) is 11.2. The Balaban J connectivity index is 1.99. The highest BCUT2D eigenvalue weighted by atomic mass is 16.6. The van der Waals surface area contributed by atoms with E-state index in [0.29, 0.717) is 5.75 Å². The van der Waals surface area contributed by atoms with Crippen molar-refractivity contribution in [3.63, 3.8) is 0 Å². The van der Waals surface area contributed by atoms with Crippen molar-refractivity contribution in [2.24, 2.45) is 0 Å². The first kappa shape index (κ1) is 20.7. The van der Waals surface area contributed by atoms with Crippen LogP contribution in [0.2, 0.25) is 0 Å². The van der Waals surface area contributed by atoms with Gasteiger partial charge in [0, 0.05) is 18.7 Å². The van der Waals surface area contributed by atoms with Crippen molar-refractivity contribution >= 4 is 17.6 Å². The van der Waals surface area contributed by atoms with Crippen LogP contribution in [0.5, 0.6) is 11.5 Å². The van der Waals surface area contributed by atoms with E-state index in [-0.39, 0.29) is 23.5 Å². The molecule has 0 aromatic heterocycles. The minimum absolute atomic E-state index is 0.112. The third-order valence-electron chi connectivity index (χ3n) is 3.89. The van der Waals surface area contributed by atoms with Crippen LogP contribution in [-0.2, 0) is 16.1 Å². The zero-order valence-corrected chi connectivity index (χ0v) is 15.6. The number of rotatable bonds is 8. The molecule has 0 saturated heterocycles. The van der Waals surface area contributed by atoms with Gasteiger partial charge < -0.3 is 19.5 Å². The zero-order valence-electron chi connectivity index (χ0n) is 15.6. The lowest BCUT2D eigenvalue weighted by Crippen LogP contribution is -2.35. The number of nitrogens with zero attached hydrogens (tertiary/aromatic N) is 1. The van der Waals surface area contributed by atoms with Crippen LogP contribution in [0.15, 0.2) is 42.5 Å². The number of benzene rings is 2. The van der Waals surface area contributed by atoms with Gasteiger partial charge in [-0.15, -0.1) is 0 Å². The molecule has 28 heavy (non-hydrogen) atoms. The minimum atomic E-state index is -1.10. The number of esters is 1. The molecule has 0 unspecified atom stereocenters. The lowest BCUT2D eigenvalue weighted by atomic mass is 10.1. The smallest absolute Gasteiger partial charge is 0.342 e. The van der Waals surface area contributed by atoms with Crippen molar-refractivity contribution in [1.29, 1.82) is 0 Å². The Hall–Kier alpha value is -3.62. The molecule has 0 aliphatic carbocycles. The third-order valence-corrected chi connectivity index (χ3v) is 3.89. The predicted molar refractivity (Wildman–Crippen MR) is 99.4 cm³/mol. The fraction of sp³-hybridized carbons (Fsp3) is 0.263. The Morgan fingerprint density at radius 2 is 1.79 bits per heavy atom. The molecule has 1 atom stereocenters. The first-order valence-electron chi connectivity index (χ1n) is 8.29. The van der Waals surface area contributed by atoms with Crippen LogP contribution in [0.25, 0.3) is 0 Å². The number of methoxy groups -OCH3 is 2. The van der Waals surface area contributed by atoms with E-state index in [1.54, 1.807) is 31.4 Å². The van der Waals surface area contributed by atoms with Crippen LogP contribution in [0.3, 0.4) is 0 Å². The second-order valence-corrected chi connectivity index (χ2v) is 5.76. The number of carbonyl (C=O) groups excluding carboxylic acids is 2. The maximum Gasteiger partial charge on any atom is 0.342 e. The van der Waals surface area contributed by atoms with Gasteiger partial charge in [-0.05, 0) is 30.7 Å². The number of hydrogen-bond acceptors (Lipinski definition) is 7. The van der Waals surface area contributed by atoms with Crippen LogP contribution in [0.1, 0.15) is 22.8 Å². The molecule has 0 aliphatic rings. The summed E-state index contributed by atoms with van der Waals surface area (Å²) in [4.78, 5) is 34.8. The van der Waals surface area contributed by atoms with Crippen LogP contribution in [0, 0.1) is 10.1 Å². The van der Waals surface area contributed by atoms with Crippen LogP contribution >= 0.6 is 0 Å². The van der Waals surface area contributed by atoms with Gasteiger partial charge in [-0.1, -0.05) is 12.1 Å². The highest BCUT2D eigenvalue weighted by Crippen LogP contribution is 2.25. The number of ether oxygens (including phenoxy) is 3. The first-order valence-corrected chi connectivity index (χ1v) is 8.29. The number of carbonyl (C=O) groups is 2.